The lowest BCUT2D eigenvalue weighted by Crippen LogP contribution is -2.06. The predicted octanol–water partition coefficient (Wildman–Crippen LogP) is 3.66. The Bertz CT molecular complexity index is 454. The Morgan fingerprint density at radius 1 is 1.18 bits per heavy atom. The molecule has 1 heterocycles. The van der Waals surface area contributed by atoms with Gasteiger partial charge in [0.2, 0.25) is 0 Å². The maximum absolute atomic E-state index is 6.34. The van der Waals surface area contributed by atoms with E-state index in [0.717, 1.165) is 29.8 Å². The zero-order valence-corrected chi connectivity index (χ0v) is 11.1. The highest BCUT2D eigenvalue weighted by atomic mass is 14.7. The largest absolute Gasteiger partial charge is 0.398 e. The number of pyridine rings is 1. The van der Waals surface area contributed by atoms with Crippen molar-refractivity contribution in [3.63, 3.8) is 0 Å². The number of aromatic nitrogens is 1. The van der Waals surface area contributed by atoms with Gasteiger partial charge >= 0.3 is 0 Å². The van der Waals surface area contributed by atoms with Crippen molar-refractivity contribution in [1.29, 1.82) is 0 Å². The van der Waals surface area contributed by atoms with Crippen molar-refractivity contribution < 1.29 is 0 Å². The molecule has 92 valence electrons. The van der Waals surface area contributed by atoms with Crippen molar-refractivity contribution >= 4 is 11.8 Å². The highest BCUT2D eigenvalue weighted by Gasteiger charge is 2.16. The summed E-state index contributed by atoms with van der Waals surface area (Å²) in [5, 5.41) is 0. The molecule has 0 aromatic carbocycles. The van der Waals surface area contributed by atoms with E-state index in [-0.39, 0.29) is 0 Å². The van der Waals surface area contributed by atoms with Crippen LogP contribution in [0.2, 0.25) is 0 Å². The molecule has 0 amide bonds. The van der Waals surface area contributed by atoms with Crippen LogP contribution in [0.1, 0.15) is 55.6 Å². The van der Waals surface area contributed by atoms with E-state index in [9.17, 15) is 0 Å². The maximum Gasteiger partial charge on any atom is 0.0469 e. The molecule has 1 aliphatic rings. The van der Waals surface area contributed by atoms with Crippen LogP contribution in [0.3, 0.4) is 0 Å². The maximum atomic E-state index is 6.34. The van der Waals surface area contributed by atoms with E-state index in [1.807, 2.05) is 0 Å². The number of rotatable bonds is 1. The average molecular weight is 230 g/mol. The first kappa shape index (κ1) is 12.2. The third-order valence-electron chi connectivity index (χ3n) is 3.43. The number of hydrogen-bond acceptors (Lipinski definition) is 2. The molecule has 0 radical (unpaired) electrons. The van der Waals surface area contributed by atoms with Crippen LogP contribution < -0.4 is 5.73 Å². The number of nitrogen functional groups attached to an aromatic ring is 1. The van der Waals surface area contributed by atoms with Gasteiger partial charge in [-0.15, -0.1) is 0 Å². The Morgan fingerprint density at radius 3 is 2.59 bits per heavy atom. The summed E-state index contributed by atoms with van der Waals surface area (Å²) < 4.78 is 0. The van der Waals surface area contributed by atoms with Gasteiger partial charge in [0.1, 0.15) is 0 Å². The first-order valence-electron chi connectivity index (χ1n) is 6.52. The molecule has 0 unspecified atom stereocenters. The summed E-state index contributed by atoms with van der Waals surface area (Å²) in [5.74, 6) is 0. The zero-order chi connectivity index (χ0) is 12.4. The molecule has 0 aliphatic heterocycles. The molecule has 0 fully saturated rings. The number of fused-ring (bicyclic) bond motifs is 1. The second-order valence-corrected chi connectivity index (χ2v) is 5.23. The number of nitrogens with zero attached hydrogens (tertiary/aromatic N) is 1. The molecule has 0 atom stereocenters. The Hall–Kier alpha value is -1.31. The van der Waals surface area contributed by atoms with Gasteiger partial charge < -0.3 is 5.73 Å². The number of anilines is 1. The van der Waals surface area contributed by atoms with Crippen molar-refractivity contribution in [2.24, 2.45) is 0 Å². The molecule has 2 N–H and O–H groups in total. The molecule has 1 aromatic heterocycles. The van der Waals surface area contributed by atoms with Crippen molar-refractivity contribution in [3.05, 3.63) is 28.1 Å². The van der Waals surface area contributed by atoms with Crippen LogP contribution in [-0.4, -0.2) is 4.98 Å². The molecule has 2 rings (SSSR count). The molecule has 1 aliphatic carbocycles. The Labute approximate surface area is 104 Å². The van der Waals surface area contributed by atoms with Crippen molar-refractivity contribution in [2.45, 2.75) is 52.9 Å². The summed E-state index contributed by atoms with van der Waals surface area (Å²) in [5.41, 5.74) is 13.3. The molecular formula is C15H22N2. The first-order valence-corrected chi connectivity index (χ1v) is 6.52. The molecule has 0 bridgehead atoms. The van der Waals surface area contributed by atoms with Crippen molar-refractivity contribution in [1.82, 2.24) is 4.98 Å². The lowest BCUT2D eigenvalue weighted by molar-refractivity contribution is 0.708. The topological polar surface area (TPSA) is 38.9 Å². The van der Waals surface area contributed by atoms with E-state index in [0.29, 0.717) is 0 Å². The van der Waals surface area contributed by atoms with Gasteiger partial charge in [-0.05, 0) is 52.0 Å². The Morgan fingerprint density at radius 2 is 1.88 bits per heavy atom. The quantitative estimate of drug-likeness (QED) is 0.748. The molecule has 0 saturated heterocycles. The SMILES string of the molecule is CC(C)=Cc1c(C)nc2c(c1N)CCCCC2. The Kier molecular flexibility index (Phi) is 3.51. The Balaban J connectivity index is 2.56. The van der Waals surface area contributed by atoms with Crippen LogP contribution in [0.15, 0.2) is 5.57 Å². The van der Waals surface area contributed by atoms with Gasteiger partial charge in [-0.3, -0.25) is 4.98 Å². The molecule has 2 heteroatoms. The van der Waals surface area contributed by atoms with E-state index in [4.69, 9.17) is 10.7 Å². The lowest BCUT2D eigenvalue weighted by atomic mass is 9.99. The lowest BCUT2D eigenvalue weighted by Gasteiger charge is -2.14. The minimum atomic E-state index is 0.968. The summed E-state index contributed by atoms with van der Waals surface area (Å²) in [6.45, 7) is 6.27. The van der Waals surface area contributed by atoms with Crippen LogP contribution in [0.4, 0.5) is 5.69 Å². The van der Waals surface area contributed by atoms with Crippen molar-refractivity contribution in [2.75, 3.05) is 5.73 Å². The van der Waals surface area contributed by atoms with Crippen LogP contribution >= 0.6 is 0 Å². The van der Waals surface area contributed by atoms with E-state index >= 15 is 0 Å². The van der Waals surface area contributed by atoms with Crippen LogP contribution in [0.5, 0.6) is 0 Å². The highest BCUT2D eigenvalue weighted by Crippen LogP contribution is 2.29. The van der Waals surface area contributed by atoms with E-state index in [1.165, 1.54) is 36.1 Å². The molecule has 2 nitrogen and oxygen atoms in total. The fourth-order valence-corrected chi connectivity index (χ4v) is 2.57. The standard InChI is InChI=1S/C15H22N2/c1-10(2)9-13-11(3)17-14-8-6-4-5-7-12(14)15(13)16/h9H,4-8H2,1-3H3,(H2,16,17). The highest BCUT2D eigenvalue weighted by molar-refractivity contribution is 5.71. The van der Waals surface area contributed by atoms with E-state index in [1.54, 1.807) is 0 Å². The average Bonchev–Trinajstić information content (AvgIpc) is 2.49. The van der Waals surface area contributed by atoms with Gasteiger partial charge in [0.05, 0.1) is 0 Å². The van der Waals surface area contributed by atoms with Crippen LogP contribution in [0, 0.1) is 6.92 Å². The molecular weight excluding hydrogens is 208 g/mol. The number of nitrogens with two attached hydrogens (primary N) is 1. The fraction of sp³-hybridized carbons (Fsp3) is 0.533. The smallest absolute Gasteiger partial charge is 0.0469 e. The second kappa shape index (κ2) is 4.91. The van der Waals surface area contributed by atoms with Gasteiger partial charge in [-0.25, -0.2) is 0 Å². The van der Waals surface area contributed by atoms with Gasteiger partial charge in [-0.2, -0.15) is 0 Å². The third kappa shape index (κ3) is 2.51. The normalized spacial score (nSPS) is 15.0. The number of allylic oxidation sites excluding steroid dienone is 1. The van der Waals surface area contributed by atoms with E-state index in [2.05, 4.69) is 26.8 Å². The molecule has 0 saturated carbocycles. The summed E-state index contributed by atoms with van der Waals surface area (Å²) in [4.78, 5) is 4.76. The van der Waals surface area contributed by atoms with E-state index < -0.39 is 0 Å². The summed E-state index contributed by atoms with van der Waals surface area (Å²) in [6.07, 6.45) is 8.14. The van der Waals surface area contributed by atoms with Crippen LogP contribution in [-0.2, 0) is 12.8 Å². The minimum Gasteiger partial charge on any atom is -0.398 e. The van der Waals surface area contributed by atoms with Crippen LogP contribution in [0.25, 0.3) is 6.08 Å². The molecule has 17 heavy (non-hydrogen) atoms. The summed E-state index contributed by atoms with van der Waals surface area (Å²) in [6, 6.07) is 0. The summed E-state index contributed by atoms with van der Waals surface area (Å²) >= 11 is 0. The number of aryl methyl sites for hydroxylation is 2. The van der Waals surface area contributed by atoms with Gasteiger partial charge in [0.15, 0.2) is 0 Å². The molecule has 1 aromatic rings. The molecule has 0 spiro atoms. The predicted molar refractivity (Wildman–Crippen MR) is 74.0 cm³/mol. The van der Waals surface area contributed by atoms with Gasteiger partial charge in [-0.1, -0.05) is 18.1 Å². The monoisotopic (exact) mass is 230 g/mol. The van der Waals surface area contributed by atoms with Crippen molar-refractivity contribution in [3.8, 4) is 0 Å². The minimum absolute atomic E-state index is 0.968. The number of hydrogen-bond donors (Lipinski definition) is 1. The third-order valence-corrected chi connectivity index (χ3v) is 3.43. The second-order valence-electron chi connectivity index (χ2n) is 5.23. The zero-order valence-electron chi connectivity index (χ0n) is 11.1. The van der Waals surface area contributed by atoms with Gasteiger partial charge in [0, 0.05) is 22.6 Å². The van der Waals surface area contributed by atoms with Gasteiger partial charge in [0.25, 0.3) is 0 Å². The summed E-state index contributed by atoms with van der Waals surface area (Å²) in [7, 11) is 0. The fourth-order valence-electron chi connectivity index (χ4n) is 2.57. The first-order chi connectivity index (χ1) is 8.09.